The molecule has 0 fully saturated rings. The van der Waals surface area contributed by atoms with E-state index >= 15 is 0 Å². The third-order valence-electron chi connectivity index (χ3n) is 3.92. The molecule has 0 spiro atoms. The Morgan fingerprint density at radius 3 is 2.39 bits per heavy atom. The van der Waals surface area contributed by atoms with Crippen LogP contribution in [0.2, 0.25) is 0 Å². The molecule has 2 aromatic rings. The zero-order chi connectivity index (χ0) is 17.0. The van der Waals surface area contributed by atoms with E-state index in [1.807, 2.05) is 51.1 Å². The minimum Gasteiger partial charge on any atom is -0.494 e. The molecule has 1 heterocycles. The van der Waals surface area contributed by atoms with E-state index in [0.29, 0.717) is 12.6 Å². The van der Waals surface area contributed by atoms with Crippen LogP contribution in [0.3, 0.4) is 0 Å². The van der Waals surface area contributed by atoms with E-state index in [2.05, 4.69) is 23.7 Å². The van der Waals surface area contributed by atoms with Gasteiger partial charge in [-0.2, -0.15) is 0 Å². The molecule has 23 heavy (non-hydrogen) atoms. The quantitative estimate of drug-likeness (QED) is 0.771. The lowest BCUT2D eigenvalue weighted by molar-refractivity contribution is 0.101. The molecule has 0 aliphatic rings. The minimum absolute atomic E-state index is 0.110. The van der Waals surface area contributed by atoms with Crippen LogP contribution in [0.1, 0.15) is 48.6 Å². The van der Waals surface area contributed by atoms with Crippen molar-refractivity contribution in [1.29, 1.82) is 0 Å². The van der Waals surface area contributed by atoms with Gasteiger partial charge in [0, 0.05) is 28.7 Å². The van der Waals surface area contributed by atoms with E-state index in [0.717, 1.165) is 28.4 Å². The smallest absolute Gasteiger partial charge is 0.183 e. The maximum atomic E-state index is 12.5. The third-order valence-corrected chi connectivity index (χ3v) is 3.92. The third kappa shape index (κ3) is 3.95. The van der Waals surface area contributed by atoms with Crippen LogP contribution < -0.4 is 10.1 Å². The van der Waals surface area contributed by atoms with E-state index < -0.39 is 0 Å². The van der Waals surface area contributed by atoms with Gasteiger partial charge in [0.2, 0.25) is 0 Å². The predicted octanol–water partition coefficient (Wildman–Crippen LogP) is 4.38. The Balaban J connectivity index is 2.04. The van der Waals surface area contributed by atoms with Gasteiger partial charge >= 0.3 is 0 Å². The highest BCUT2D eigenvalue weighted by atomic mass is 16.5. The van der Waals surface area contributed by atoms with Gasteiger partial charge in [-0.1, -0.05) is 0 Å². The molecule has 0 amide bonds. The molecule has 4 nitrogen and oxygen atoms in total. The fourth-order valence-electron chi connectivity index (χ4n) is 2.97. The average molecular weight is 314 g/mol. The van der Waals surface area contributed by atoms with Crippen LogP contribution in [0.25, 0.3) is 0 Å². The van der Waals surface area contributed by atoms with E-state index in [4.69, 9.17) is 4.74 Å². The summed E-state index contributed by atoms with van der Waals surface area (Å²) in [7, 11) is 0. The number of nitrogens with one attached hydrogen (secondary N) is 1. The first-order chi connectivity index (χ1) is 10.9. The molecule has 0 radical (unpaired) electrons. The molecule has 1 aromatic carbocycles. The van der Waals surface area contributed by atoms with Gasteiger partial charge in [0.1, 0.15) is 5.75 Å². The Bertz CT molecular complexity index is 669. The Morgan fingerprint density at radius 1 is 1.22 bits per heavy atom. The lowest BCUT2D eigenvalue weighted by Gasteiger charge is -2.13. The Morgan fingerprint density at radius 2 is 1.87 bits per heavy atom. The summed E-state index contributed by atoms with van der Waals surface area (Å²) in [4.78, 5) is 12.5. The Kier molecular flexibility index (Phi) is 5.48. The number of anilines is 1. The zero-order valence-corrected chi connectivity index (χ0v) is 14.6. The van der Waals surface area contributed by atoms with Crippen LogP contribution in [0, 0.1) is 13.8 Å². The molecule has 1 aromatic heterocycles. The van der Waals surface area contributed by atoms with Crippen molar-refractivity contribution < 1.29 is 9.53 Å². The number of aryl methyl sites for hydroxylation is 1. The number of benzene rings is 1. The van der Waals surface area contributed by atoms with Crippen molar-refractivity contribution in [2.24, 2.45) is 0 Å². The summed E-state index contributed by atoms with van der Waals surface area (Å²) in [6, 6.07) is 10.0. The van der Waals surface area contributed by atoms with Gasteiger partial charge in [-0.3, -0.25) is 4.79 Å². The lowest BCUT2D eigenvalue weighted by atomic mass is 10.1. The van der Waals surface area contributed by atoms with Crippen molar-refractivity contribution in [1.82, 2.24) is 4.57 Å². The van der Waals surface area contributed by atoms with Crippen LogP contribution in [-0.2, 0) is 0 Å². The van der Waals surface area contributed by atoms with Gasteiger partial charge in [-0.05, 0) is 65.0 Å². The highest BCUT2D eigenvalue weighted by Crippen LogP contribution is 2.21. The summed E-state index contributed by atoms with van der Waals surface area (Å²) >= 11 is 0. The normalized spacial score (nSPS) is 10.9. The van der Waals surface area contributed by atoms with Crippen LogP contribution >= 0.6 is 0 Å². The van der Waals surface area contributed by atoms with E-state index in [9.17, 15) is 4.79 Å². The van der Waals surface area contributed by atoms with Crippen LogP contribution in [0.5, 0.6) is 5.75 Å². The van der Waals surface area contributed by atoms with Crippen LogP contribution in [0.4, 0.5) is 5.69 Å². The molecule has 0 aliphatic heterocycles. The molecule has 0 atom stereocenters. The summed E-state index contributed by atoms with van der Waals surface area (Å²) in [6.07, 6.45) is 0. The first kappa shape index (κ1) is 17.1. The number of carbonyl (C=O) groups is 1. The van der Waals surface area contributed by atoms with Crippen molar-refractivity contribution in [2.45, 2.75) is 40.7 Å². The van der Waals surface area contributed by atoms with Gasteiger partial charge in [-0.15, -0.1) is 0 Å². The minimum atomic E-state index is 0.110. The van der Waals surface area contributed by atoms with Crippen molar-refractivity contribution in [3.8, 4) is 5.75 Å². The van der Waals surface area contributed by atoms with E-state index in [-0.39, 0.29) is 12.3 Å². The molecular formula is C19H26N2O2. The van der Waals surface area contributed by atoms with Gasteiger partial charge in [0.15, 0.2) is 5.78 Å². The van der Waals surface area contributed by atoms with Gasteiger partial charge < -0.3 is 14.6 Å². The van der Waals surface area contributed by atoms with E-state index in [1.54, 1.807) is 0 Å². The number of ether oxygens (including phenoxy) is 1. The number of aromatic nitrogens is 1. The van der Waals surface area contributed by atoms with Gasteiger partial charge in [0.05, 0.1) is 13.2 Å². The second kappa shape index (κ2) is 7.36. The Hall–Kier alpha value is -2.23. The fraction of sp³-hybridized carbons (Fsp3) is 0.421. The first-order valence-corrected chi connectivity index (χ1v) is 8.12. The SMILES string of the molecule is CCOc1ccc(NCC(=O)c2cc(C)n(C(C)C)c2C)cc1. The number of carbonyl (C=O) groups excluding carboxylic acids is 1. The monoisotopic (exact) mass is 314 g/mol. The average Bonchev–Trinajstić information content (AvgIpc) is 2.81. The predicted molar refractivity (Wildman–Crippen MR) is 94.7 cm³/mol. The molecule has 4 heteroatoms. The fourth-order valence-corrected chi connectivity index (χ4v) is 2.97. The standard InChI is InChI=1S/C19H26N2O2/c1-6-23-17-9-7-16(8-10-17)20-12-19(22)18-11-14(4)21(13(2)3)15(18)5/h7-11,13,20H,6,12H2,1-5H3. The highest BCUT2D eigenvalue weighted by Gasteiger charge is 2.16. The van der Waals surface area contributed by atoms with Crippen molar-refractivity contribution >= 4 is 11.5 Å². The molecular weight excluding hydrogens is 288 g/mol. The molecule has 0 bridgehead atoms. The maximum absolute atomic E-state index is 12.5. The Labute approximate surface area is 138 Å². The van der Waals surface area contributed by atoms with Crippen molar-refractivity contribution in [2.75, 3.05) is 18.5 Å². The van der Waals surface area contributed by atoms with Gasteiger partial charge in [-0.25, -0.2) is 0 Å². The van der Waals surface area contributed by atoms with Crippen LogP contribution in [-0.4, -0.2) is 23.5 Å². The molecule has 124 valence electrons. The summed E-state index contributed by atoms with van der Waals surface area (Å²) in [5, 5.41) is 3.18. The lowest BCUT2D eigenvalue weighted by Crippen LogP contribution is -2.15. The topological polar surface area (TPSA) is 43.3 Å². The maximum Gasteiger partial charge on any atom is 0.183 e. The number of Topliss-reactive ketones (excluding diaryl/α,β-unsaturated/α-hetero) is 1. The summed E-state index contributed by atoms with van der Waals surface area (Å²) in [6.45, 7) is 11.2. The zero-order valence-electron chi connectivity index (χ0n) is 14.6. The first-order valence-electron chi connectivity index (χ1n) is 8.12. The van der Waals surface area contributed by atoms with Crippen molar-refractivity contribution in [3.63, 3.8) is 0 Å². The second-order valence-electron chi connectivity index (χ2n) is 5.98. The number of hydrogen-bond donors (Lipinski definition) is 1. The molecule has 0 aliphatic carbocycles. The number of nitrogens with zero attached hydrogens (tertiary/aromatic N) is 1. The number of hydrogen-bond acceptors (Lipinski definition) is 3. The van der Waals surface area contributed by atoms with E-state index in [1.165, 1.54) is 0 Å². The summed E-state index contributed by atoms with van der Waals surface area (Å²) in [5.41, 5.74) is 3.88. The van der Waals surface area contributed by atoms with Crippen LogP contribution in [0.15, 0.2) is 30.3 Å². The summed E-state index contributed by atoms with van der Waals surface area (Å²) < 4.78 is 7.61. The molecule has 1 N–H and O–H groups in total. The van der Waals surface area contributed by atoms with Gasteiger partial charge in [0.25, 0.3) is 0 Å². The van der Waals surface area contributed by atoms with Crippen molar-refractivity contribution in [3.05, 3.63) is 47.3 Å². The molecule has 0 saturated heterocycles. The molecule has 0 unspecified atom stereocenters. The summed E-state index contributed by atoms with van der Waals surface area (Å²) in [5.74, 6) is 0.948. The highest BCUT2D eigenvalue weighted by molar-refractivity contribution is 6.00. The molecule has 0 saturated carbocycles. The second-order valence-corrected chi connectivity index (χ2v) is 5.98. The number of ketones is 1. The number of rotatable bonds is 7. The largest absolute Gasteiger partial charge is 0.494 e. The molecule has 2 rings (SSSR count).